The van der Waals surface area contributed by atoms with Crippen molar-refractivity contribution in [2.45, 2.75) is 6.18 Å². The molecule has 0 amide bonds. The van der Waals surface area contributed by atoms with Gasteiger partial charge < -0.3 is 4.74 Å². The number of alkyl halides is 3. The highest BCUT2D eigenvalue weighted by Gasteiger charge is 2.31. The minimum atomic E-state index is -4.46. The predicted molar refractivity (Wildman–Crippen MR) is 102 cm³/mol. The van der Waals surface area contributed by atoms with Crippen molar-refractivity contribution in [2.75, 3.05) is 0 Å². The van der Waals surface area contributed by atoms with E-state index in [1.54, 1.807) is 24.4 Å². The van der Waals surface area contributed by atoms with Crippen molar-refractivity contribution >= 4 is 22.6 Å². The lowest BCUT2D eigenvalue weighted by Gasteiger charge is -2.11. The van der Waals surface area contributed by atoms with Crippen LogP contribution >= 0.6 is 11.6 Å². The van der Waals surface area contributed by atoms with Crippen LogP contribution in [0.15, 0.2) is 72.9 Å². The average Bonchev–Trinajstić information content (AvgIpc) is 2.69. The van der Waals surface area contributed by atoms with Crippen molar-refractivity contribution in [3.05, 3.63) is 83.5 Å². The molecule has 3 aromatic carbocycles. The summed E-state index contributed by atoms with van der Waals surface area (Å²) in [6, 6.07) is 17.7. The Morgan fingerprint density at radius 3 is 2.36 bits per heavy atom. The summed E-state index contributed by atoms with van der Waals surface area (Å²) in [6.07, 6.45) is -2.80. The van der Waals surface area contributed by atoms with Crippen molar-refractivity contribution in [3.8, 4) is 22.8 Å². The van der Waals surface area contributed by atoms with Gasteiger partial charge in [-0.3, -0.25) is 4.98 Å². The summed E-state index contributed by atoms with van der Waals surface area (Å²) in [5, 5.41) is -0.125. The van der Waals surface area contributed by atoms with Crippen LogP contribution in [0.25, 0.3) is 22.3 Å². The van der Waals surface area contributed by atoms with E-state index < -0.39 is 11.7 Å². The molecule has 0 bridgehead atoms. The third-order valence-electron chi connectivity index (χ3n) is 4.07. The second-order valence-corrected chi connectivity index (χ2v) is 6.42. The van der Waals surface area contributed by atoms with Crippen molar-refractivity contribution in [1.29, 1.82) is 0 Å². The van der Waals surface area contributed by atoms with Crippen molar-refractivity contribution in [3.63, 3.8) is 0 Å². The monoisotopic (exact) mass is 400 g/mol. The smallest absolute Gasteiger partial charge is 0.416 e. The Labute approximate surface area is 163 Å². The third kappa shape index (κ3) is 3.77. The molecular formula is C21H12ClF3N2O. The molecule has 0 atom stereocenters. The Kier molecular flexibility index (Phi) is 4.65. The second-order valence-electron chi connectivity index (χ2n) is 6.02. The van der Waals surface area contributed by atoms with Gasteiger partial charge in [-0.1, -0.05) is 41.9 Å². The van der Waals surface area contributed by atoms with Gasteiger partial charge in [0.05, 0.1) is 33.5 Å². The van der Waals surface area contributed by atoms with E-state index in [1.165, 1.54) is 6.07 Å². The molecule has 0 fully saturated rings. The number of ether oxygens (including phenoxy) is 1. The highest BCUT2D eigenvalue weighted by Crippen LogP contribution is 2.36. The van der Waals surface area contributed by atoms with E-state index >= 15 is 0 Å². The fourth-order valence-electron chi connectivity index (χ4n) is 2.69. The van der Waals surface area contributed by atoms with Crippen molar-refractivity contribution in [1.82, 2.24) is 9.97 Å². The van der Waals surface area contributed by atoms with Gasteiger partial charge in [0.25, 0.3) is 0 Å². The maximum atomic E-state index is 12.7. The maximum absolute atomic E-state index is 12.7. The molecule has 0 aliphatic carbocycles. The summed E-state index contributed by atoms with van der Waals surface area (Å²) < 4.78 is 43.9. The van der Waals surface area contributed by atoms with Crippen LogP contribution in [0.4, 0.5) is 13.2 Å². The summed E-state index contributed by atoms with van der Waals surface area (Å²) in [5.74, 6) is 0.527. The Balaban J connectivity index is 1.62. The number of rotatable bonds is 3. The molecule has 1 aromatic heterocycles. The van der Waals surface area contributed by atoms with Gasteiger partial charge in [0.1, 0.15) is 11.5 Å². The molecule has 0 saturated heterocycles. The average molecular weight is 401 g/mol. The van der Waals surface area contributed by atoms with Crippen LogP contribution in [0.2, 0.25) is 5.02 Å². The van der Waals surface area contributed by atoms with E-state index in [4.69, 9.17) is 16.3 Å². The molecular weight excluding hydrogens is 389 g/mol. The SMILES string of the molecule is FC(F)(F)c1ccc(Oc2ccc3nc(-c4ccccc4)cnc3c2)c(Cl)c1. The van der Waals surface area contributed by atoms with Gasteiger partial charge in [-0.2, -0.15) is 13.2 Å². The first-order valence-corrected chi connectivity index (χ1v) is 8.65. The quantitative estimate of drug-likeness (QED) is 0.381. The number of fused-ring (bicyclic) bond motifs is 1. The first-order valence-electron chi connectivity index (χ1n) is 8.27. The molecule has 0 unspecified atom stereocenters. The molecule has 0 N–H and O–H groups in total. The summed E-state index contributed by atoms with van der Waals surface area (Å²) >= 11 is 5.94. The number of aromatic nitrogens is 2. The zero-order chi connectivity index (χ0) is 19.7. The van der Waals surface area contributed by atoms with E-state index in [0.29, 0.717) is 16.8 Å². The lowest BCUT2D eigenvalue weighted by molar-refractivity contribution is -0.137. The van der Waals surface area contributed by atoms with E-state index in [-0.39, 0.29) is 10.8 Å². The number of hydrogen-bond acceptors (Lipinski definition) is 3. The lowest BCUT2D eigenvalue weighted by atomic mass is 10.1. The Morgan fingerprint density at radius 1 is 0.857 bits per heavy atom. The standard InChI is InChI=1S/C21H12ClF3N2O/c22-16-10-14(21(23,24)25)6-9-20(16)28-15-7-8-17-18(11-15)26-12-19(27-17)13-4-2-1-3-5-13/h1-12H. The van der Waals surface area contributed by atoms with Crippen molar-refractivity contribution < 1.29 is 17.9 Å². The van der Waals surface area contributed by atoms with E-state index in [2.05, 4.69) is 9.97 Å². The van der Waals surface area contributed by atoms with E-state index in [9.17, 15) is 13.2 Å². The molecule has 1 heterocycles. The Morgan fingerprint density at radius 2 is 1.64 bits per heavy atom. The molecule has 3 nitrogen and oxygen atoms in total. The first kappa shape index (κ1) is 18.3. The molecule has 0 spiro atoms. The van der Waals surface area contributed by atoms with Crippen LogP contribution in [0.1, 0.15) is 5.56 Å². The molecule has 4 rings (SSSR count). The predicted octanol–water partition coefficient (Wildman–Crippen LogP) is 6.76. The zero-order valence-electron chi connectivity index (χ0n) is 14.2. The lowest BCUT2D eigenvalue weighted by Crippen LogP contribution is -2.04. The maximum Gasteiger partial charge on any atom is 0.416 e. The van der Waals surface area contributed by atoms with Crippen LogP contribution in [0, 0.1) is 0 Å². The topological polar surface area (TPSA) is 35.0 Å². The van der Waals surface area contributed by atoms with E-state index in [0.717, 1.165) is 23.4 Å². The molecule has 0 saturated carbocycles. The van der Waals surface area contributed by atoms with Crippen molar-refractivity contribution in [2.24, 2.45) is 0 Å². The Bertz CT molecular complexity index is 1150. The molecule has 4 aromatic rings. The number of halogens is 4. The normalized spacial score (nSPS) is 11.6. The second kappa shape index (κ2) is 7.13. The highest BCUT2D eigenvalue weighted by atomic mass is 35.5. The van der Waals surface area contributed by atoms with Crippen LogP contribution < -0.4 is 4.74 Å². The fraction of sp³-hybridized carbons (Fsp3) is 0.0476. The summed E-state index contributed by atoms with van der Waals surface area (Å²) in [5.41, 5.74) is 2.14. The molecule has 140 valence electrons. The largest absolute Gasteiger partial charge is 0.456 e. The third-order valence-corrected chi connectivity index (χ3v) is 4.37. The Hall–Kier alpha value is -3.12. The van der Waals surface area contributed by atoms with Gasteiger partial charge in [-0.15, -0.1) is 0 Å². The summed E-state index contributed by atoms with van der Waals surface area (Å²) in [7, 11) is 0. The highest BCUT2D eigenvalue weighted by molar-refractivity contribution is 6.32. The molecule has 0 aliphatic rings. The minimum Gasteiger partial charge on any atom is -0.456 e. The summed E-state index contributed by atoms with van der Waals surface area (Å²) in [4.78, 5) is 8.99. The minimum absolute atomic E-state index is 0.125. The van der Waals surface area contributed by atoms with Gasteiger partial charge in [-0.25, -0.2) is 4.98 Å². The van der Waals surface area contributed by atoms with Gasteiger partial charge in [0.2, 0.25) is 0 Å². The molecule has 28 heavy (non-hydrogen) atoms. The number of nitrogens with zero attached hydrogens (tertiary/aromatic N) is 2. The molecule has 7 heteroatoms. The zero-order valence-corrected chi connectivity index (χ0v) is 15.0. The summed E-state index contributed by atoms with van der Waals surface area (Å²) in [6.45, 7) is 0. The molecule has 0 aliphatic heterocycles. The fourth-order valence-corrected chi connectivity index (χ4v) is 2.91. The van der Waals surface area contributed by atoms with Gasteiger partial charge >= 0.3 is 6.18 Å². The molecule has 0 radical (unpaired) electrons. The van der Waals surface area contributed by atoms with Gasteiger partial charge in [0.15, 0.2) is 0 Å². The van der Waals surface area contributed by atoms with E-state index in [1.807, 2.05) is 30.3 Å². The van der Waals surface area contributed by atoms with Crippen LogP contribution in [-0.2, 0) is 6.18 Å². The van der Waals surface area contributed by atoms with Crippen LogP contribution in [-0.4, -0.2) is 9.97 Å². The van der Waals surface area contributed by atoms with Crippen LogP contribution in [0.3, 0.4) is 0 Å². The van der Waals surface area contributed by atoms with Gasteiger partial charge in [-0.05, 0) is 30.3 Å². The van der Waals surface area contributed by atoms with Crippen LogP contribution in [0.5, 0.6) is 11.5 Å². The number of hydrogen-bond donors (Lipinski definition) is 0. The van der Waals surface area contributed by atoms with Gasteiger partial charge in [0, 0.05) is 11.6 Å². The first-order chi connectivity index (χ1) is 13.4. The number of benzene rings is 3.